The Kier molecular flexibility index (Phi) is 3.71. The van der Waals surface area contributed by atoms with Crippen LogP contribution < -0.4 is 10.6 Å². The summed E-state index contributed by atoms with van der Waals surface area (Å²) in [6, 6.07) is 4.19. The van der Waals surface area contributed by atoms with Crippen LogP contribution in [-0.4, -0.2) is 29.3 Å². The molecular weight excluding hydrogens is 303 g/mol. The van der Waals surface area contributed by atoms with E-state index in [2.05, 4.69) is 15.1 Å². The van der Waals surface area contributed by atoms with Crippen LogP contribution in [0.1, 0.15) is 12.8 Å². The molecule has 0 saturated carbocycles. The molecule has 7 heteroatoms. The molecule has 0 spiro atoms. The number of nitrogens with one attached hydrogen (secondary N) is 1. The van der Waals surface area contributed by atoms with Crippen LogP contribution >= 0.6 is 34.5 Å². The number of piperidine rings is 1. The minimum atomic E-state index is 0.319. The van der Waals surface area contributed by atoms with E-state index < -0.39 is 0 Å². The highest BCUT2D eigenvalue weighted by Gasteiger charge is 2.19. The average Bonchev–Trinajstić information content (AvgIpc) is 2.97. The van der Waals surface area contributed by atoms with Crippen LogP contribution in [0.2, 0.25) is 8.67 Å². The summed E-state index contributed by atoms with van der Waals surface area (Å²) in [6.45, 7) is 1.90. The van der Waals surface area contributed by atoms with Crippen LogP contribution in [0, 0.1) is 0 Å². The van der Waals surface area contributed by atoms with E-state index in [-0.39, 0.29) is 0 Å². The molecule has 1 aliphatic heterocycles. The van der Waals surface area contributed by atoms with Gasteiger partial charge in [0.25, 0.3) is 0 Å². The molecule has 0 bridgehead atoms. The Bertz CT molecular complexity index is 572. The number of aromatic nitrogens is 2. The van der Waals surface area contributed by atoms with Gasteiger partial charge in [-0.15, -0.1) is 11.3 Å². The number of thiophene rings is 1. The van der Waals surface area contributed by atoms with E-state index >= 15 is 0 Å². The van der Waals surface area contributed by atoms with Crippen LogP contribution in [0.5, 0.6) is 0 Å². The van der Waals surface area contributed by atoms with Crippen molar-refractivity contribution in [3.8, 4) is 11.3 Å². The highest BCUT2D eigenvalue weighted by molar-refractivity contribution is 7.20. The van der Waals surface area contributed by atoms with Crippen molar-refractivity contribution >= 4 is 40.4 Å². The fraction of sp³-hybridized carbons (Fsp3) is 0.417. The number of hydrogen-bond donors (Lipinski definition) is 2. The third kappa shape index (κ3) is 2.74. The summed E-state index contributed by atoms with van der Waals surface area (Å²) < 4.78 is 1.36. The van der Waals surface area contributed by atoms with E-state index in [1.165, 1.54) is 11.3 Å². The fourth-order valence-electron chi connectivity index (χ4n) is 2.26. The van der Waals surface area contributed by atoms with Gasteiger partial charge in [0.2, 0.25) is 0 Å². The predicted molar refractivity (Wildman–Crippen MR) is 81.3 cm³/mol. The van der Waals surface area contributed by atoms with Crippen molar-refractivity contribution in [3.05, 3.63) is 20.8 Å². The lowest BCUT2D eigenvalue weighted by Gasteiger charge is -2.29. The summed E-state index contributed by atoms with van der Waals surface area (Å²) in [7, 11) is 0. The molecule has 19 heavy (non-hydrogen) atoms. The molecule has 1 fully saturated rings. The Balaban J connectivity index is 1.81. The lowest BCUT2D eigenvalue weighted by Crippen LogP contribution is -2.39. The number of rotatable bonds is 2. The van der Waals surface area contributed by atoms with Crippen LogP contribution in [0.25, 0.3) is 11.3 Å². The van der Waals surface area contributed by atoms with Gasteiger partial charge in [-0.05, 0) is 18.9 Å². The molecule has 3 heterocycles. The topological polar surface area (TPSA) is 57.9 Å². The first-order valence-electron chi connectivity index (χ1n) is 6.14. The van der Waals surface area contributed by atoms with Gasteiger partial charge in [0.05, 0.1) is 10.0 Å². The third-order valence-electron chi connectivity index (χ3n) is 3.37. The first-order valence-corrected chi connectivity index (χ1v) is 7.72. The quantitative estimate of drug-likeness (QED) is 0.893. The number of anilines is 1. The SMILES string of the molecule is NC1CCN(c2cc(-c3cc(Cl)sc3Cl)[nH]n2)CC1. The summed E-state index contributed by atoms with van der Waals surface area (Å²) in [5, 5.41) is 7.38. The maximum atomic E-state index is 6.15. The van der Waals surface area contributed by atoms with Crippen molar-refractivity contribution in [1.29, 1.82) is 0 Å². The van der Waals surface area contributed by atoms with Gasteiger partial charge < -0.3 is 10.6 Å². The molecule has 2 aromatic heterocycles. The Morgan fingerprint density at radius 1 is 1.32 bits per heavy atom. The van der Waals surface area contributed by atoms with Gasteiger partial charge in [-0.25, -0.2) is 0 Å². The van der Waals surface area contributed by atoms with E-state index in [9.17, 15) is 0 Å². The van der Waals surface area contributed by atoms with Gasteiger partial charge >= 0.3 is 0 Å². The van der Waals surface area contributed by atoms with Crippen molar-refractivity contribution in [2.45, 2.75) is 18.9 Å². The van der Waals surface area contributed by atoms with Gasteiger partial charge in [0, 0.05) is 30.8 Å². The summed E-state index contributed by atoms with van der Waals surface area (Å²) in [5.74, 6) is 0.945. The molecule has 0 atom stereocenters. The molecule has 0 amide bonds. The Morgan fingerprint density at radius 3 is 2.68 bits per heavy atom. The van der Waals surface area contributed by atoms with Gasteiger partial charge in [0.1, 0.15) is 4.34 Å². The van der Waals surface area contributed by atoms with Gasteiger partial charge in [-0.1, -0.05) is 23.2 Å². The highest BCUT2D eigenvalue weighted by atomic mass is 35.5. The monoisotopic (exact) mass is 316 g/mol. The number of nitrogens with two attached hydrogens (primary N) is 1. The second kappa shape index (κ2) is 5.32. The molecule has 102 valence electrons. The van der Waals surface area contributed by atoms with E-state index in [0.717, 1.165) is 43.0 Å². The maximum absolute atomic E-state index is 6.15. The van der Waals surface area contributed by atoms with Crippen molar-refractivity contribution in [1.82, 2.24) is 10.2 Å². The zero-order valence-corrected chi connectivity index (χ0v) is 12.5. The molecule has 0 radical (unpaired) electrons. The van der Waals surface area contributed by atoms with Crippen molar-refractivity contribution in [2.24, 2.45) is 5.73 Å². The molecule has 3 rings (SSSR count). The fourth-order valence-corrected chi connectivity index (χ4v) is 3.76. The first-order chi connectivity index (χ1) is 9.13. The summed E-state index contributed by atoms with van der Waals surface area (Å²) >= 11 is 13.5. The van der Waals surface area contributed by atoms with Crippen LogP contribution in [0.4, 0.5) is 5.82 Å². The number of halogens is 2. The highest BCUT2D eigenvalue weighted by Crippen LogP contribution is 2.38. The van der Waals surface area contributed by atoms with Crippen LogP contribution in [-0.2, 0) is 0 Å². The number of H-pyrrole nitrogens is 1. The van der Waals surface area contributed by atoms with Crippen molar-refractivity contribution < 1.29 is 0 Å². The van der Waals surface area contributed by atoms with E-state index in [1.807, 2.05) is 12.1 Å². The Morgan fingerprint density at radius 2 is 2.05 bits per heavy atom. The van der Waals surface area contributed by atoms with Crippen LogP contribution in [0.15, 0.2) is 12.1 Å². The molecule has 1 aliphatic rings. The van der Waals surface area contributed by atoms with Gasteiger partial charge in [-0.2, -0.15) is 5.10 Å². The Labute approximate surface area is 125 Å². The molecule has 4 nitrogen and oxygen atoms in total. The van der Waals surface area contributed by atoms with Gasteiger partial charge in [-0.3, -0.25) is 5.10 Å². The Hall–Kier alpha value is -0.750. The summed E-state index contributed by atoms with van der Waals surface area (Å²) in [4.78, 5) is 2.24. The molecule has 1 saturated heterocycles. The second-order valence-corrected chi connectivity index (χ2v) is 6.99. The summed E-state index contributed by atoms with van der Waals surface area (Å²) in [6.07, 6.45) is 2.01. The molecule has 3 N–H and O–H groups in total. The maximum Gasteiger partial charge on any atom is 0.150 e. The first kappa shape index (κ1) is 13.2. The zero-order valence-electron chi connectivity index (χ0n) is 10.2. The average molecular weight is 317 g/mol. The largest absolute Gasteiger partial charge is 0.355 e. The van der Waals surface area contributed by atoms with Crippen molar-refractivity contribution in [3.63, 3.8) is 0 Å². The number of nitrogens with zero attached hydrogens (tertiary/aromatic N) is 2. The molecule has 0 aliphatic carbocycles. The smallest absolute Gasteiger partial charge is 0.150 e. The summed E-state index contributed by atoms with van der Waals surface area (Å²) in [5.41, 5.74) is 7.72. The lowest BCUT2D eigenvalue weighted by molar-refractivity contribution is 0.498. The zero-order chi connectivity index (χ0) is 13.4. The van der Waals surface area contributed by atoms with Gasteiger partial charge in [0.15, 0.2) is 5.82 Å². The molecule has 0 unspecified atom stereocenters. The molecule has 0 aromatic carbocycles. The van der Waals surface area contributed by atoms with E-state index in [4.69, 9.17) is 28.9 Å². The minimum absolute atomic E-state index is 0.319. The second-order valence-electron chi connectivity index (χ2n) is 4.70. The number of hydrogen-bond acceptors (Lipinski definition) is 4. The molecular formula is C12H14Cl2N4S. The van der Waals surface area contributed by atoms with E-state index in [1.54, 1.807) is 0 Å². The van der Waals surface area contributed by atoms with E-state index in [0.29, 0.717) is 14.7 Å². The molecule has 2 aromatic rings. The predicted octanol–water partition coefficient (Wildman–Crippen LogP) is 3.37. The van der Waals surface area contributed by atoms with Crippen LogP contribution in [0.3, 0.4) is 0 Å². The standard InChI is InChI=1S/C12H14Cl2N4S/c13-10-5-8(12(14)19-10)9-6-11(17-16-9)18-3-1-7(15)2-4-18/h5-7H,1-4,15H2,(H,16,17). The van der Waals surface area contributed by atoms with Crippen molar-refractivity contribution in [2.75, 3.05) is 18.0 Å². The third-order valence-corrected chi connectivity index (χ3v) is 4.86. The minimum Gasteiger partial charge on any atom is -0.355 e. The lowest BCUT2D eigenvalue weighted by atomic mass is 10.1. The number of aromatic amines is 1. The normalized spacial score (nSPS) is 17.1.